The lowest BCUT2D eigenvalue weighted by molar-refractivity contribution is 0.126. The SMILES string of the molecule is COc1ccc(/C=N\OCc2nc3c4c(ncn3n2)Oc2c(ccc3ccccc23)[C@@H]4c2ccc(OC)c(OC)c2)cc1. The lowest BCUT2D eigenvalue weighted by Crippen LogP contribution is -2.15. The summed E-state index contributed by atoms with van der Waals surface area (Å²) in [6.45, 7) is 0.0756. The van der Waals surface area contributed by atoms with Gasteiger partial charge in [-0.15, -0.1) is 5.10 Å². The number of hydrogen-bond acceptors (Lipinski definition) is 9. The number of aromatic nitrogens is 4. The Bertz CT molecular complexity index is 1990. The van der Waals surface area contributed by atoms with E-state index in [2.05, 4.69) is 39.5 Å². The van der Waals surface area contributed by atoms with Crippen molar-refractivity contribution in [3.8, 4) is 28.9 Å². The first kappa shape index (κ1) is 26.3. The quantitative estimate of drug-likeness (QED) is 0.158. The van der Waals surface area contributed by atoms with Gasteiger partial charge in [-0.3, -0.25) is 0 Å². The van der Waals surface area contributed by atoms with Gasteiger partial charge in [0.15, 0.2) is 29.6 Å². The molecule has 7 rings (SSSR count). The lowest BCUT2D eigenvalue weighted by Gasteiger charge is -2.29. The maximum atomic E-state index is 6.51. The first-order chi connectivity index (χ1) is 21.2. The van der Waals surface area contributed by atoms with Crippen molar-refractivity contribution in [1.29, 1.82) is 0 Å². The van der Waals surface area contributed by atoms with Crippen LogP contribution in [0.3, 0.4) is 0 Å². The Balaban J connectivity index is 1.29. The molecule has 10 heteroatoms. The maximum absolute atomic E-state index is 6.51. The van der Waals surface area contributed by atoms with Gasteiger partial charge in [0, 0.05) is 16.9 Å². The zero-order valence-corrected chi connectivity index (χ0v) is 23.7. The van der Waals surface area contributed by atoms with Crippen molar-refractivity contribution in [2.24, 2.45) is 5.16 Å². The minimum Gasteiger partial charge on any atom is -0.497 e. The predicted octanol–water partition coefficient (Wildman–Crippen LogP) is 6.14. The number of ether oxygens (including phenoxy) is 4. The number of hydrogen-bond donors (Lipinski definition) is 0. The summed E-state index contributed by atoms with van der Waals surface area (Å²) in [7, 11) is 4.88. The monoisotopic (exact) mass is 573 g/mol. The van der Waals surface area contributed by atoms with E-state index in [1.807, 2.05) is 54.6 Å². The third kappa shape index (κ3) is 4.72. The van der Waals surface area contributed by atoms with E-state index in [1.165, 1.54) is 0 Å². The van der Waals surface area contributed by atoms with E-state index >= 15 is 0 Å². The third-order valence-corrected chi connectivity index (χ3v) is 7.47. The van der Waals surface area contributed by atoms with Gasteiger partial charge in [-0.1, -0.05) is 47.6 Å². The van der Waals surface area contributed by atoms with E-state index in [0.717, 1.165) is 44.5 Å². The Hall–Kier alpha value is -5.64. The highest BCUT2D eigenvalue weighted by Crippen LogP contribution is 2.51. The highest BCUT2D eigenvalue weighted by molar-refractivity contribution is 5.91. The average Bonchev–Trinajstić information content (AvgIpc) is 3.49. The zero-order valence-electron chi connectivity index (χ0n) is 23.7. The molecule has 0 radical (unpaired) electrons. The van der Waals surface area contributed by atoms with E-state index < -0.39 is 0 Å². The molecule has 0 fully saturated rings. The van der Waals surface area contributed by atoms with Crippen LogP contribution in [-0.4, -0.2) is 47.1 Å². The molecule has 0 spiro atoms. The topological polar surface area (TPSA) is 102 Å². The fourth-order valence-electron chi connectivity index (χ4n) is 5.41. The van der Waals surface area contributed by atoms with Crippen LogP contribution in [0.5, 0.6) is 28.9 Å². The second-order valence-electron chi connectivity index (χ2n) is 9.90. The number of nitrogens with zero attached hydrogens (tertiary/aromatic N) is 5. The first-order valence-corrected chi connectivity index (χ1v) is 13.6. The van der Waals surface area contributed by atoms with Gasteiger partial charge < -0.3 is 23.8 Å². The van der Waals surface area contributed by atoms with Gasteiger partial charge in [0.1, 0.15) is 17.8 Å². The van der Waals surface area contributed by atoms with Crippen molar-refractivity contribution in [3.63, 3.8) is 0 Å². The van der Waals surface area contributed by atoms with Crippen LogP contribution >= 0.6 is 0 Å². The van der Waals surface area contributed by atoms with Crippen LogP contribution in [0.2, 0.25) is 0 Å². The Morgan fingerprint density at radius 2 is 1.74 bits per heavy atom. The molecule has 0 N–H and O–H groups in total. The fourth-order valence-corrected chi connectivity index (χ4v) is 5.41. The average molecular weight is 574 g/mol. The van der Waals surface area contributed by atoms with E-state index in [4.69, 9.17) is 28.8 Å². The van der Waals surface area contributed by atoms with E-state index in [1.54, 1.807) is 38.4 Å². The molecule has 10 nitrogen and oxygen atoms in total. The van der Waals surface area contributed by atoms with Gasteiger partial charge in [-0.25, -0.2) is 14.5 Å². The number of benzene rings is 4. The van der Waals surface area contributed by atoms with Gasteiger partial charge in [-0.2, -0.15) is 0 Å². The summed E-state index contributed by atoms with van der Waals surface area (Å²) in [5.74, 6) is 3.45. The van der Waals surface area contributed by atoms with Gasteiger partial charge in [0.25, 0.3) is 0 Å². The normalized spacial score (nSPS) is 13.9. The molecule has 0 bridgehead atoms. The molecule has 0 amide bonds. The van der Waals surface area contributed by atoms with Crippen molar-refractivity contribution in [2.45, 2.75) is 12.5 Å². The Morgan fingerprint density at radius 1 is 0.907 bits per heavy atom. The van der Waals surface area contributed by atoms with Gasteiger partial charge in [0.2, 0.25) is 5.88 Å². The molecule has 1 aliphatic heterocycles. The molecule has 3 heterocycles. The first-order valence-electron chi connectivity index (χ1n) is 13.6. The number of rotatable bonds is 8. The summed E-state index contributed by atoms with van der Waals surface area (Å²) in [5.41, 5.74) is 4.24. The molecule has 43 heavy (non-hydrogen) atoms. The van der Waals surface area contributed by atoms with Gasteiger partial charge >= 0.3 is 0 Å². The summed E-state index contributed by atoms with van der Waals surface area (Å²) >= 11 is 0. The van der Waals surface area contributed by atoms with Crippen LogP contribution in [0.15, 0.2) is 90.3 Å². The molecule has 0 saturated heterocycles. The smallest absolute Gasteiger partial charge is 0.228 e. The highest BCUT2D eigenvalue weighted by atomic mass is 16.6. The zero-order chi connectivity index (χ0) is 29.3. The van der Waals surface area contributed by atoms with Crippen molar-refractivity contribution in [1.82, 2.24) is 19.6 Å². The molecular formula is C33H27N5O5. The van der Waals surface area contributed by atoms with Crippen molar-refractivity contribution < 1.29 is 23.8 Å². The molecule has 214 valence electrons. The lowest BCUT2D eigenvalue weighted by atomic mass is 9.82. The summed E-state index contributed by atoms with van der Waals surface area (Å²) in [4.78, 5) is 15.1. The number of fused-ring (bicyclic) bond motifs is 6. The van der Waals surface area contributed by atoms with Crippen LogP contribution in [0.1, 0.15) is 34.0 Å². The molecule has 1 atom stereocenters. The van der Waals surface area contributed by atoms with Crippen LogP contribution in [0.4, 0.5) is 0 Å². The minimum atomic E-state index is -0.273. The van der Waals surface area contributed by atoms with Gasteiger partial charge in [0.05, 0.1) is 33.1 Å². The highest BCUT2D eigenvalue weighted by Gasteiger charge is 2.34. The number of oxime groups is 1. The second kappa shape index (κ2) is 11.0. The Morgan fingerprint density at radius 3 is 2.56 bits per heavy atom. The van der Waals surface area contributed by atoms with Crippen LogP contribution in [0.25, 0.3) is 16.4 Å². The van der Waals surface area contributed by atoms with Gasteiger partial charge in [-0.05, 0) is 52.9 Å². The van der Waals surface area contributed by atoms with Crippen molar-refractivity contribution >= 4 is 22.6 Å². The third-order valence-electron chi connectivity index (χ3n) is 7.47. The van der Waals surface area contributed by atoms with Crippen LogP contribution < -0.4 is 18.9 Å². The van der Waals surface area contributed by atoms with Crippen molar-refractivity contribution in [2.75, 3.05) is 21.3 Å². The van der Waals surface area contributed by atoms with Crippen LogP contribution in [0, 0.1) is 0 Å². The second-order valence-corrected chi connectivity index (χ2v) is 9.90. The van der Waals surface area contributed by atoms with E-state index in [9.17, 15) is 0 Å². The maximum Gasteiger partial charge on any atom is 0.228 e. The summed E-state index contributed by atoms with van der Waals surface area (Å²) < 4.78 is 24.5. The Labute approximate surface area is 247 Å². The molecule has 6 aromatic rings. The Kier molecular flexibility index (Phi) is 6.71. The van der Waals surface area contributed by atoms with E-state index in [0.29, 0.717) is 28.9 Å². The molecule has 1 aliphatic rings. The predicted molar refractivity (Wildman–Crippen MR) is 161 cm³/mol. The van der Waals surface area contributed by atoms with Crippen LogP contribution in [-0.2, 0) is 11.4 Å². The minimum absolute atomic E-state index is 0.0756. The summed E-state index contributed by atoms with van der Waals surface area (Å²) in [6, 6.07) is 25.8. The molecule has 0 saturated carbocycles. The molecule has 2 aromatic heterocycles. The van der Waals surface area contributed by atoms with E-state index in [-0.39, 0.29) is 12.5 Å². The molecule has 0 aliphatic carbocycles. The fraction of sp³-hybridized carbons (Fsp3) is 0.152. The molecule has 4 aromatic carbocycles. The standard InChI is InChI=1S/C33H27N5O5/c1-39-23-12-8-20(9-13-23)17-35-42-18-28-36-32-30-29(22-11-15-26(40-2)27(16-22)41-3)25-14-10-21-6-4-5-7-24(21)31(25)43-33(30)34-19-38(32)37-28/h4-17,19,29H,18H2,1-3H3/b35-17-/t29-/m0/s1. The largest absolute Gasteiger partial charge is 0.497 e. The summed E-state index contributed by atoms with van der Waals surface area (Å²) in [6.07, 6.45) is 3.23. The number of methoxy groups -OCH3 is 3. The molecule has 0 unspecified atom stereocenters. The van der Waals surface area contributed by atoms with Crippen molar-refractivity contribution in [3.05, 3.63) is 113 Å². The molecular weight excluding hydrogens is 546 g/mol. The summed E-state index contributed by atoms with van der Waals surface area (Å²) in [5, 5.41) is 10.8.